The topological polar surface area (TPSA) is 97.8 Å². The van der Waals surface area contributed by atoms with E-state index in [-0.39, 0.29) is 27.3 Å². The van der Waals surface area contributed by atoms with Crippen LogP contribution in [0, 0.1) is 0 Å². The Bertz CT molecular complexity index is 1320. The summed E-state index contributed by atoms with van der Waals surface area (Å²) in [6.45, 7) is 3.60. The van der Waals surface area contributed by atoms with Crippen LogP contribution in [0.1, 0.15) is 67.1 Å². The van der Waals surface area contributed by atoms with E-state index in [1.54, 1.807) is 14.2 Å². The van der Waals surface area contributed by atoms with Crippen molar-refractivity contribution in [2.75, 3.05) is 19.5 Å². The van der Waals surface area contributed by atoms with Gasteiger partial charge in [0.2, 0.25) is 0 Å². The molecule has 0 radical (unpaired) electrons. The first-order valence-corrected chi connectivity index (χ1v) is 13.7. The van der Waals surface area contributed by atoms with E-state index in [1.807, 2.05) is 23.6 Å². The second kappa shape index (κ2) is 13.8. The maximum Gasteiger partial charge on any atom is 0.331 e. The van der Waals surface area contributed by atoms with Crippen molar-refractivity contribution in [1.29, 1.82) is 0 Å². The molecule has 38 heavy (non-hydrogen) atoms. The van der Waals surface area contributed by atoms with Crippen molar-refractivity contribution >= 4 is 57.6 Å². The number of unbranched alkanes of at least 4 members (excludes halogenated alkanes) is 2. The van der Waals surface area contributed by atoms with E-state index in [0.717, 1.165) is 36.8 Å². The van der Waals surface area contributed by atoms with Gasteiger partial charge in [-0.2, -0.15) is 0 Å². The predicted octanol–water partition coefficient (Wildman–Crippen LogP) is 8.13. The maximum atomic E-state index is 12.9. The smallest absolute Gasteiger partial charge is 0.331 e. The molecule has 0 saturated heterocycles. The van der Waals surface area contributed by atoms with Crippen LogP contribution in [0.15, 0.2) is 41.3 Å². The highest BCUT2D eigenvalue weighted by molar-refractivity contribution is 7.14. The summed E-state index contributed by atoms with van der Waals surface area (Å²) in [6, 6.07) is 8.75. The van der Waals surface area contributed by atoms with E-state index >= 15 is 0 Å². The first-order chi connectivity index (χ1) is 18.2. The second-order valence-electron chi connectivity index (χ2n) is 8.63. The molecule has 3 aromatic rings. The molecule has 1 aromatic heterocycles. The van der Waals surface area contributed by atoms with Gasteiger partial charge in [-0.25, -0.2) is 9.78 Å². The van der Waals surface area contributed by atoms with Crippen LogP contribution in [-0.2, 0) is 9.53 Å². The third-order valence-corrected chi connectivity index (χ3v) is 7.37. The highest BCUT2D eigenvalue weighted by atomic mass is 35.5. The van der Waals surface area contributed by atoms with Gasteiger partial charge in [-0.1, -0.05) is 61.5 Å². The summed E-state index contributed by atoms with van der Waals surface area (Å²) < 4.78 is 11.6. The number of hydrogen-bond acceptors (Lipinski definition) is 6. The quantitative estimate of drug-likeness (QED) is 0.167. The minimum atomic E-state index is -1.09. The number of nitrogens with one attached hydrogen (secondary N) is 1. The average molecular weight is 578 g/mol. The Morgan fingerprint density at radius 1 is 1.18 bits per heavy atom. The molecule has 10 heteroatoms. The van der Waals surface area contributed by atoms with Crippen molar-refractivity contribution in [3.05, 3.63) is 68.0 Å². The van der Waals surface area contributed by atoms with Gasteiger partial charge in [0.05, 0.1) is 29.0 Å². The van der Waals surface area contributed by atoms with Crippen LogP contribution >= 0.6 is 34.5 Å². The largest absolute Gasteiger partial charge is 0.496 e. The van der Waals surface area contributed by atoms with Crippen LogP contribution in [0.5, 0.6) is 5.75 Å². The average Bonchev–Trinajstić information content (AvgIpc) is 3.36. The van der Waals surface area contributed by atoms with Crippen LogP contribution < -0.4 is 10.1 Å². The number of ether oxygens (including phenoxy) is 2. The van der Waals surface area contributed by atoms with Crippen molar-refractivity contribution < 1.29 is 24.2 Å². The number of benzene rings is 2. The van der Waals surface area contributed by atoms with Crippen LogP contribution in [0.4, 0.5) is 5.13 Å². The van der Waals surface area contributed by atoms with E-state index in [9.17, 15) is 9.59 Å². The minimum absolute atomic E-state index is 0.0681. The molecule has 1 unspecified atom stereocenters. The Morgan fingerprint density at radius 2 is 1.89 bits per heavy atom. The third-order valence-electron chi connectivity index (χ3n) is 5.99. The van der Waals surface area contributed by atoms with E-state index in [4.69, 9.17) is 37.8 Å². The molecule has 1 amide bonds. The van der Waals surface area contributed by atoms with Crippen molar-refractivity contribution in [3.63, 3.8) is 0 Å². The molecule has 0 saturated carbocycles. The SMILES string of the molecule is CCCCCC(OC)c1cccc(-c2csc(NC(=O)c3cc(Cl)c(/C=C(\C)C(=O)O)c(Cl)c3)n2)c1OC. The Hall–Kier alpha value is -2.91. The molecule has 0 aliphatic rings. The van der Waals surface area contributed by atoms with Gasteiger partial charge < -0.3 is 14.6 Å². The molecule has 0 bridgehead atoms. The summed E-state index contributed by atoms with van der Waals surface area (Å²) >= 11 is 13.9. The number of amides is 1. The summed E-state index contributed by atoms with van der Waals surface area (Å²) in [5.74, 6) is -0.843. The number of carbonyl (C=O) groups excluding carboxylic acids is 1. The monoisotopic (exact) mass is 576 g/mol. The number of anilines is 1. The first-order valence-electron chi connectivity index (χ1n) is 12.1. The summed E-state index contributed by atoms with van der Waals surface area (Å²) in [4.78, 5) is 28.7. The zero-order valence-corrected chi connectivity index (χ0v) is 24.0. The zero-order valence-electron chi connectivity index (χ0n) is 21.6. The van der Waals surface area contributed by atoms with Crippen LogP contribution in [0.3, 0.4) is 0 Å². The fourth-order valence-electron chi connectivity index (χ4n) is 3.97. The Kier molecular flexibility index (Phi) is 10.7. The van der Waals surface area contributed by atoms with Crippen molar-refractivity contribution in [1.82, 2.24) is 4.98 Å². The molecule has 0 spiro atoms. The van der Waals surface area contributed by atoms with Crippen molar-refractivity contribution in [2.24, 2.45) is 0 Å². The maximum absolute atomic E-state index is 12.9. The number of para-hydroxylation sites is 1. The Labute approximate surface area is 236 Å². The molecule has 1 atom stereocenters. The van der Waals surface area contributed by atoms with Crippen molar-refractivity contribution in [2.45, 2.75) is 45.6 Å². The standard InChI is InChI=1S/C28H30Cl2N2O5S/c1-5-6-7-11-24(36-3)19-10-8-9-18(25(19)37-4)23-15-38-28(31-23)32-26(33)17-13-21(29)20(22(30)14-17)12-16(2)27(34)35/h8-10,12-15,24H,5-7,11H2,1-4H3,(H,34,35)(H,31,32,33)/b16-12+. The van der Waals surface area contributed by atoms with Crippen LogP contribution in [0.25, 0.3) is 17.3 Å². The van der Waals surface area contributed by atoms with Gasteiger partial charge >= 0.3 is 5.97 Å². The number of nitrogens with zero attached hydrogens (tertiary/aromatic N) is 1. The lowest BCUT2D eigenvalue weighted by Crippen LogP contribution is -2.12. The number of carbonyl (C=O) groups is 2. The van der Waals surface area contributed by atoms with Gasteiger partial charge in [-0.3, -0.25) is 10.1 Å². The number of methoxy groups -OCH3 is 2. The van der Waals surface area contributed by atoms with Gasteiger partial charge in [0.15, 0.2) is 5.13 Å². The molecule has 0 aliphatic carbocycles. The zero-order chi connectivity index (χ0) is 27.8. The number of carboxylic acids is 1. The number of aromatic nitrogens is 1. The number of thiazole rings is 1. The van der Waals surface area contributed by atoms with Gasteiger partial charge in [0.1, 0.15) is 5.75 Å². The summed E-state index contributed by atoms with van der Waals surface area (Å²) in [6.07, 6.45) is 5.47. The van der Waals surface area contributed by atoms with E-state index in [1.165, 1.54) is 36.5 Å². The molecule has 2 N–H and O–H groups in total. The van der Waals surface area contributed by atoms with Gasteiger partial charge in [0.25, 0.3) is 5.91 Å². The van der Waals surface area contributed by atoms with Gasteiger partial charge in [-0.05, 0) is 37.6 Å². The third kappa shape index (κ3) is 7.14. The van der Waals surface area contributed by atoms with E-state index < -0.39 is 11.9 Å². The van der Waals surface area contributed by atoms with Crippen LogP contribution in [0.2, 0.25) is 10.0 Å². The second-order valence-corrected chi connectivity index (χ2v) is 10.3. The highest BCUT2D eigenvalue weighted by Crippen LogP contribution is 2.39. The highest BCUT2D eigenvalue weighted by Gasteiger charge is 2.21. The normalized spacial score (nSPS) is 12.3. The molecule has 2 aromatic carbocycles. The lowest BCUT2D eigenvalue weighted by molar-refractivity contribution is -0.132. The summed E-state index contributed by atoms with van der Waals surface area (Å²) in [7, 11) is 3.33. The Morgan fingerprint density at radius 3 is 2.50 bits per heavy atom. The van der Waals surface area contributed by atoms with Crippen LogP contribution in [-0.4, -0.2) is 36.2 Å². The molecular weight excluding hydrogens is 547 g/mol. The fourth-order valence-corrected chi connectivity index (χ4v) is 5.28. The number of hydrogen-bond donors (Lipinski definition) is 2. The number of rotatable bonds is 12. The molecule has 3 rings (SSSR count). The number of aliphatic carboxylic acids is 1. The molecule has 0 aliphatic heterocycles. The van der Waals surface area contributed by atoms with Gasteiger partial charge in [0, 0.05) is 40.3 Å². The van der Waals surface area contributed by atoms with Gasteiger partial charge in [-0.15, -0.1) is 11.3 Å². The Balaban J connectivity index is 1.84. The number of carboxylic acid groups (broad SMARTS) is 1. The number of halogens is 2. The lowest BCUT2D eigenvalue weighted by atomic mass is 9.98. The van der Waals surface area contributed by atoms with Crippen molar-refractivity contribution in [3.8, 4) is 17.0 Å². The lowest BCUT2D eigenvalue weighted by Gasteiger charge is -2.20. The molecule has 1 heterocycles. The molecule has 202 valence electrons. The van der Waals surface area contributed by atoms with E-state index in [0.29, 0.717) is 22.1 Å². The minimum Gasteiger partial charge on any atom is -0.496 e. The summed E-state index contributed by atoms with van der Waals surface area (Å²) in [5, 5.41) is 14.4. The summed E-state index contributed by atoms with van der Waals surface area (Å²) in [5.41, 5.74) is 3.04. The first kappa shape index (κ1) is 29.6. The molecular formula is C28H30Cl2N2O5S. The molecule has 0 fully saturated rings. The van der Waals surface area contributed by atoms with E-state index in [2.05, 4.69) is 17.2 Å². The molecule has 7 nitrogen and oxygen atoms in total. The fraction of sp³-hybridized carbons (Fsp3) is 0.321. The predicted molar refractivity (Wildman–Crippen MR) is 154 cm³/mol.